The summed E-state index contributed by atoms with van der Waals surface area (Å²) in [6, 6.07) is 2.70. The largest absolute Gasteiger partial charge is 0.416 e. The van der Waals surface area contributed by atoms with Gasteiger partial charge in [0.1, 0.15) is 29.9 Å². The van der Waals surface area contributed by atoms with E-state index < -0.39 is 117 Å². The third-order valence-corrected chi connectivity index (χ3v) is 12.8. The van der Waals surface area contributed by atoms with Crippen molar-refractivity contribution in [2.24, 2.45) is 17.8 Å². The van der Waals surface area contributed by atoms with E-state index >= 15 is 0 Å². The van der Waals surface area contributed by atoms with Crippen LogP contribution in [0.4, 0.5) is 22.0 Å². The molecule has 6 amide bonds. The highest BCUT2D eigenvalue weighted by atomic mass is 32.2. The number of nitrogens with one attached hydrogen (secondary N) is 6. The van der Waals surface area contributed by atoms with Gasteiger partial charge in [0.25, 0.3) is 27.7 Å². The number of sulfonamides is 1. The topological polar surface area (TPSA) is 252 Å². The molecule has 376 valence electrons. The minimum atomic E-state index is -4.67. The van der Waals surface area contributed by atoms with Gasteiger partial charge in [-0.3, -0.25) is 38.5 Å². The maximum absolute atomic E-state index is 14.1. The summed E-state index contributed by atoms with van der Waals surface area (Å²) in [4.78, 5) is 101. The number of aromatic nitrogens is 2. The molecule has 5 unspecified atom stereocenters. The summed E-state index contributed by atoms with van der Waals surface area (Å²) >= 11 is 0. The number of alkyl halides is 5. The van der Waals surface area contributed by atoms with Gasteiger partial charge in [-0.1, -0.05) is 90.5 Å². The molecule has 0 bridgehead atoms. The first kappa shape index (κ1) is 55.2. The number of nitrogens with zero attached hydrogens (tertiary/aromatic N) is 2. The summed E-state index contributed by atoms with van der Waals surface area (Å²) < 4.78 is 94.8. The Bertz CT molecular complexity index is 2390. The predicted octanol–water partition coefficient (Wildman–Crippen LogP) is 4.62. The van der Waals surface area contributed by atoms with Crippen LogP contribution in [-0.2, 0) is 45.0 Å². The highest BCUT2D eigenvalue weighted by Gasteiger charge is 2.37. The molecule has 23 heteroatoms. The molecular formula is C46H57F5N8O9S. The van der Waals surface area contributed by atoms with Crippen LogP contribution in [0.15, 0.2) is 72.0 Å². The standard InChI is InChI=1S/C46H57F5N8O9S/c1-5-27(4)39(58-42(63)34(20-26(2)3)56-43(64)36-24-52-18-19-53-36)44(65)57-35(21-28-10-7-6-8-11-28)41(62)55-33(23-37(47)48)40(61)45(66)54-25-38(60)59-69(67,68)32-13-9-12-30(22-32)29-14-16-31(17-15-29)46(49,50)51/h9,12-19,22,24,26-28,33-35,37,39H,5-8,10-11,20-21,23,25H2,1-4H3,(H,54,66)(H,55,62)(H,56,64)(H,57,65)(H,58,63)(H,59,60). The van der Waals surface area contributed by atoms with Crippen molar-refractivity contribution >= 4 is 51.2 Å². The third-order valence-electron chi connectivity index (χ3n) is 11.5. The lowest BCUT2D eigenvalue weighted by Gasteiger charge is -2.31. The second-order valence-corrected chi connectivity index (χ2v) is 19.0. The minimum absolute atomic E-state index is 0.00651. The van der Waals surface area contributed by atoms with Gasteiger partial charge in [-0.2, -0.15) is 13.2 Å². The number of carbonyl (C=O) groups excluding carboxylic acids is 7. The molecule has 1 aliphatic carbocycles. The SMILES string of the molecule is CCC(C)C(NC(=O)C(CC(C)C)NC(=O)c1cnccn1)C(=O)NC(CC1CCCCC1)C(=O)NC(CC(F)F)C(=O)C(=O)NCC(=O)NS(=O)(=O)c1cccc(-c2ccc(C(F)(F)F)cc2)c1. The Morgan fingerprint density at radius 2 is 1.42 bits per heavy atom. The lowest BCUT2D eigenvalue weighted by molar-refractivity contribution is -0.141. The summed E-state index contributed by atoms with van der Waals surface area (Å²) in [5.41, 5.74) is -0.576. The maximum atomic E-state index is 14.1. The number of carbonyl (C=O) groups is 7. The van der Waals surface area contributed by atoms with E-state index in [0.717, 1.165) is 55.7 Å². The molecule has 0 radical (unpaired) electrons. The van der Waals surface area contributed by atoms with Gasteiger partial charge < -0.3 is 26.6 Å². The number of Topliss-reactive ketones (excluding diaryl/α,β-unsaturated/α-hetero) is 1. The van der Waals surface area contributed by atoms with Gasteiger partial charge in [-0.25, -0.2) is 26.9 Å². The lowest BCUT2D eigenvalue weighted by atomic mass is 9.84. The zero-order valence-corrected chi connectivity index (χ0v) is 39.2. The van der Waals surface area contributed by atoms with Crippen LogP contribution in [0.25, 0.3) is 11.1 Å². The molecule has 3 aromatic rings. The number of amides is 6. The molecule has 1 fully saturated rings. The Labute approximate surface area is 396 Å². The third kappa shape index (κ3) is 17.0. The van der Waals surface area contributed by atoms with Crippen molar-refractivity contribution in [2.45, 2.75) is 127 Å². The van der Waals surface area contributed by atoms with Gasteiger partial charge in [0.15, 0.2) is 0 Å². The van der Waals surface area contributed by atoms with Crippen molar-refractivity contribution in [3.05, 3.63) is 78.4 Å². The fourth-order valence-electron chi connectivity index (χ4n) is 7.58. The van der Waals surface area contributed by atoms with Crippen LogP contribution in [-0.4, -0.2) is 96.7 Å². The maximum Gasteiger partial charge on any atom is 0.416 e. The number of hydrogen-bond acceptors (Lipinski definition) is 11. The second kappa shape index (κ2) is 25.3. The van der Waals surface area contributed by atoms with Gasteiger partial charge >= 0.3 is 6.18 Å². The van der Waals surface area contributed by atoms with Crippen molar-refractivity contribution in [2.75, 3.05) is 6.54 Å². The zero-order valence-electron chi connectivity index (χ0n) is 38.4. The van der Waals surface area contributed by atoms with Crippen LogP contribution in [0.1, 0.15) is 102 Å². The van der Waals surface area contributed by atoms with E-state index in [-0.39, 0.29) is 41.5 Å². The molecule has 0 spiro atoms. The fraction of sp³-hybridized carbons (Fsp3) is 0.500. The molecule has 0 aliphatic heterocycles. The van der Waals surface area contributed by atoms with Crippen molar-refractivity contribution in [3.8, 4) is 11.1 Å². The van der Waals surface area contributed by atoms with Crippen molar-refractivity contribution < 1.29 is 63.9 Å². The molecule has 17 nitrogen and oxygen atoms in total. The van der Waals surface area contributed by atoms with E-state index in [1.54, 1.807) is 18.6 Å². The Morgan fingerprint density at radius 1 is 0.768 bits per heavy atom. The van der Waals surface area contributed by atoms with Crippen LogP contribution in [0, 0.1) is 17.8 Å². The molecule has 69 heavy (non-hydrogen) atoms. The summed E-state index contributed by atoms with van der Waals surface area (Å²) in [5, 5.41) is 12.0. The van der Waals surface area contributed by atoms with Gasteiger partial charge in [0, 0.05) is 18.8 Å². The minimum Gasteiger partial charge on any atom is -0.344 e. The molecule has 1 heterocycles. The number of hydrogen-bond donors (Lipinski definition) is 6. The van der Waals surface area contributed by atoms with Gasteiger partial charge in [-0.05, 0) is 66.0 Å². The second-order valence-electron chi connectivity index (χ2n) is 17.3. The average molecular weight is 993 g/mol. The lowest BCUT2D eigenvalue weighted by Crippen LogP contribution is -2.60. The smallest absolute Gasteiger partial charge is 0.344 e. The molecule has 4 rings (SSSR count). The normalized spacial score (nSPS) is 15.5. The number of benzene rings is 2. The number of rotatable bonds is 23. The van der Waals surface area contributed by atoms with Crippen LogP contribution < -0.4 is 31.3 Å². The van der Waals surface area contributed by atoms with E-state index in [1.165, 1.54) is 30.7 Å². The summed E-state index contributed by atoms with van der Waals surface area (Å²) in [5.74, 6) is -8.67. The Kier molecular flexibility index (Phi) is 20.2. The summed E-state index contributed by atoms with van der Waals surface area (Å²) in [6.45, 7) is 5.93. The number of ketones is 1. The number of halogens is 5. The molecule has 5 atom stereocenters. The highest BCUT2D eigenvalue weighted by Crippen LogP contribution is 2.32. The van der Waals surface area contributed by atoms with E-state index in [2.05, 4.69) is 31.2 Å². The Morgan fingerprint density at radius 3 is 2.01 bits per heavy atom. The van der Waals surface area contributed by atoms with E-state index in [0.29, 0.717) is 19.3 Å². The van der Waals surface area contributed by atoms with E-state index in [4.69, 9.17) is 0 Å². The van der Waals surface area contributed by atoms with Gasteiger partial charge in [0.05, 0.1) is 23.2 Å². The molecule has 0 saturated heterocycles. The van der Waals surface area contributed by atoms with Crippen LogP contribution in [0.3, 0.4) is 0 Å². The zero-order chi connectivity index (χ0) is 51.1. The van der Waals surface area contributed by atoms with E-state index in [9.17, 15) is 63.9 Å². The van der Waals surface area contributed by atoms with Crippen molar-refractivity contribution in [1.82, 2.24) is 41.3 Å². The van der Waals surface area contributed by atoms with Gasteiger partial charge in [0.2, 0.25) is 29.9 Å². The Hall–Kier alpha value is -6.39. The molecule has 1 aliphatic rings. The molecule has 1 saturated carbocycles. The highest BCUT2D eigenvalue weighted by molar-refractivity contribution is 7.90. The first-order valence-electron chi connectivity index (χ1n) is 22.4. The van der Waals surface area contributed by atoms with Crippen molar-refractivity contribution in [3.63, 3.8) is 0 Å². The summed E-state index contributed by atoms with van der Waals surface area (Å²) in [7, 11) is -4.67. The average Bonchev–Trinajstić information content (AvgIpc) is 3.31. The van der Waals surface area contributed by atoms with Crippen LogP contribution >= 0.6 is 0 Å². The fourth-order valence-corrected chi connectivity index (χ4v) is 8.61. The molecular weight excluding hydrogens is 936 g/mol. The molecule has 2 aromatic carbocycles. The molecule has 6 N–H and O–H groups in total. The first-order valence-corrected chi connectivity index (χ1v) is 23.9. The Balaban J connectivity index is 1.46. The quantitative estimate of drug-likeness (QED) is 0.0565. The van der Waals surface area contributed by atoms with Crippen LogP contribution in [0.5, 0.6) is 0 Å². The first-order chi connectivity index (χ1) is 32.5. The van der Waals surface area contributed by atoms with Gasteiger partial charge in [-0.15, -0.1) is 0 Å². The molecule has 1 aromatic heterocycles. The predicted molar refractivity (Wildman–Crippen MR) is 240 cm³/mol. The van der Waals surface area contributed by atoms with Crippen LogP contribution in [0.2, 0.25) is 0 Å². The van der Waals surface area contributed by atoms with Crippen molar-refractivity contribution in [1.29, 1.82) is 0 Å². The van der Waals surface area contributed by atoms with E-state index in [1.807, 2.05) is 19.2 Å². The monoisotopic (exact) mass is 992 g/mol. The summed E-state index contributed by atoms with van der Waals surface area (Å²) in [6.07, 6.45) is -0.905.